The molecule has 3 N–H and O–H groups in total. The quantitative estimate of drug-likeness (QED) is 0.797. The molecule has 0 atom stereocenters. The van der Waals surface area contributed by atoms with Gasteiger partial charge in [0.25, 0.3) is 5.91 Å². The Hall–Kier alpha value is -2.50. The number of aromatic nitrogens is 1. The predicted octanol–water partition coefficient (Wildman–Crippen LogP) is 1.59. The molecule has 6 heteroatoms. The fraction of sp³-hybridized carbons (Fsp3) is 0.231. The topological polar surface area (TPSA) is 90.4 Å². The zero-order valence-corrected chi connectivity index (χ0v) is 10.6. The van der Waals surface area contributed by atoms with Gasteiger partial charge in [0.15, 0.2) is 5.76 Å². The molecule has 0 aliphatic rings. The highest BCUT2D eigenvalue weighted by Crippen LogP contribution is 2.19. The molecule has 2 rings (SSSR count). The van der Waals surface area contributed by atoms with Crippen LogP contribution in [-0.4, -0.2) is 17.7 Å². The number of carbonyl (C=O) groups is 1. The number of anilines is 1. The number of benzene rings is 1. The van der Waals surface area contributed by atoms with Gasteiger partial charge < -0.3 is 20.3 Å². The third-order valence-corrected chi connectivity index (χ3v) is 2.42. The van der Waals surface area contributed by atoms with Crippen molar-refractivity contribution in [1.82, 2.24) is 10.5 Å². The van der Waals surface area contributed by atoms with Gasteiger partial charge >= 0.3 is 0 Å². The molecule has 1 aromatic heterocycles. The van der Waals surface area contributed by atoms with Crippen LogP contribution in [0.2, 0.25) is 0 Å². The van der Waals surface area contributed by atoms with Crippen molar-refractivity contribution >= 4 is 11.6 Å². The predicted molar refractivity (Wildman–Crippen MR) is 69.7 cm³/mol. The van der Waals surface area contributed by atoms with E-state index < -0.39 is 0 Å². The van der Waals surface area contributed by atoms with E-state index in [0.29, 0.717) is 29.4 Å². The standard InChI is InChI=1S/C13H15N3O3/c1-2-18-12-6-9(5-10(14)7-12)13(17)15-8-11-3-4-16-19-11/h3-7H,2,8,14H2,1H3,(H,15,17). The van der Waals surface area contributed by atoms with Crippen molar-refractivity contribution in [2.24, 2.45) is 0 Å². The summed E-state index contributed by atoms with van der Waals surface area (Å²) in [6.45, 7) is 2.66. The van der Waals surface area contributed by atoms with Gasteiger partial charge in [0, 0.05) is 23.4 Å². The Bertz CT molecular complexity index is 552. The highest BCUT2D eigenvalue weighted by Gasteiger charge is 2.09. The maximum atomic E-state index is 12.0. The molecule has 0 fully saturated rings. The van der Waals surface area contributed by atoms with Crippen molar-refractivity contribution in [2.75, 3.05) is 12.3 Å². The lowest BCUT2D eigenvalue weighted by Gasteiger charge is -2.08. The first-order valence-corrected chi connectivity index (χ1v) is 5.90. The molecular weight excluding hydrogens is 246 g/mol. The minimum Gasteiger partial charge on any atom is -0.494 e. The molecule has 0 saturated heterocycles. The number of hydrogen-bond donors (Lipinski definition) is 2. The summed E-state index contributed by atoms with van der Waals surface area (Å²) in [5.74, 6) is 0.916. The SMILES string of the molecule is CCOc1cc(N)cc(C(=O)NCc2ccno2)c1. The van der Waals surface area contributed by atoms with Gasteiger partial charge in [-0.05, 0) is 19.1 Å². The largest absolute Gasteiger partial charge is 0.494 e. The van der Waals surface area contributed by atoms with E-state index in [1.165, 1.54) is 6.20 Å². The van der Waals surface area contributed by atoms with Crippen LogP contribution < -0.4 is 15.8 Å². The minimum atomic E-state index is -0.246. The van der Waals surface area contributed by atoms with Crippen molar-refractivity contribution < 1.29 is 14.1 Å². The first kappa shape index (κ1) is 12.9. The van der Waals surface area contributed by atoms with Crippen LogP contribution in [0.25, 0.3) is 0 Å². The molecule has 0 radical (unpaired) electrons. The number of rotatable bonds is 5. The first-order valence-electron chi connectivity index (χ1n) is 5.90. The van der Waals surface area contributed by atoms with E-state index >= 15 is 0 Å². The molecule has 0 bridgehead atoms. The van der Waals surface area contributed by atoms with E-state index in [-0.39, 0.29) is 12.5 Å². The normalized spacial score (nSPS) is 10.2. The van der Waals surface area contributed by atoms with Gasteiger partial charge in [0.2, 0.25) is 0 Å². The lowest BCUT2D eigenvalue weighted by molar-refractivity contribution is 0.0946. The highest BCUT2D eigenvalue weighted by molar-refractivity contribution is 5.95. The van der Waals surface area contributed by atoms with Gasteiger partial charge in [-0.15, -0.1) is 0 Å². The maximum Gasteiger partial charge on any atom is 0.251 e. The maximum absolute atomic E-state index is 12.0. The van der Waals surface area contributed by atoms with Gasteiger partial charge in [-0.25, -0.2) is 0 Å². The van der Waals surface area contributed by atoms with Crippen LogP contribution in [0, 0.1) is 0 Å². The highest BCUT2D eigenvalue weighted by atomic mass is 16.5. The summed E-state index contributed by atoms with van der Waals surface area (Å²) in [6, 6.07) is 6.61. The van der Waals surface area contributed by atoms with Crippen molar-refractivity contribution in [3.8, 4) is 5.75 Å². The van der Waals surface area contributed by atoms with Crippen LogP contribution in [0.5, 0.6) is 5.75 Å². The lowest BCUT2D eigenvalue weighted by atomic mass is 10.1. The van der Waals surface area contributed by atoms with Gasteiger partial charge in [-0.1, -0.05) is 5.16 Å². The smallest absolute Gasteiger partial charge is 0.251 e. The number of ether oxygens (including phenoxy) is 1. The van der Waals surface area contributed by atoms with Crippen LogP contribution in [0.4, 0.5) is 5.69 Å². The first-order chi connectivity index (χ1) is 9.19. The van der Waals surface area contributed by atoms with Crippen LogP contribution in [0.15, 0.2) is 35.0 Å². The van der Waals surface area contributed by atoms with Crippen molar-refractivity contribution in [1.29, 1.82) is 0 Å². The zero-order chi connectivity index (χ0) is 13.7. The molecule has 0 aliphatic carbocycles. The number of nitrogen functional groups attached to an aromatic ring is 1. The summed E-state index contributed by atoms with van der Waals surface area (Å²) < 4.78 is 10.2. The number of nitrogens with zero attached hydrogens (tertiary/aromatic N) is 1. The minimum absolute atomic E-state index is 0.246. The molecule has 0 spiro atoms. The van der Waals surface area contributed by atoms with Crippen molar-refractivity contribution in [3.05, 3.63) is 41.8 Å². The molecule has 1 amide bonds. The summed E-state index contributed by atoms with van der Waals surface area (Å²) in [4.78, 5) is 12.0. The van der Waals surface area contributed by atoms with E-state index in [4.69, 9.17) is 15.0 Å². The van der Waals surface area contributed by atoms with Crippen LogP contribution >= 0.6 is 0 Å². The molecule has 1 aromatic carbocycles. The second-order valence-corrected chi connectivity index (χ2v) is 3.89. The Labute approximate surface area is 110 Å². The average molecular weight is 261 g/mol. The van der Waals surface area contributed by atoms with Gasteiger partial charge in [0.1, 0.15) is 5.75 Å². The van der Waals surface area contributed by atoms with Gasteiger partial charge in [-0.3, -0.25) is 4.79 Å². The van der Waals surface area contributed by atoms with Crippen molar-refractivity contribution in [2.45, 2.75) is 13.5 Å². The summed E-state index contributed by atoms with van der Waals surface area (Å²) in [7, 11) is 0. The Morgan fingerprint density at radius 3 is 3.00 bits per heavy atom. The van der Waals surface area contributed by atoms with E-state index in [0.717, 1.165) is 0 Å². The monoisotopic (exact) mass is 261 g/mol. The van der Waals surface area contributed by atoms with Crippen LogP contribution in [0.1, 0.15) is 23.0 Å². The Morgan fingerprint density at radius 2 is 2.32 bits per heavy atom. The Kier molecular flexibility index (Phi) is 4.02. The zero-order valence-electron chi connectivity index (χ0n) is 10.6. The number of amides is 1. The number of carbonyl (C=O) groups excluding carboxylic acids is 1. The van der Waals surface area contributed by atoms with Crippen LogP contribution in [0.3, 0.4) is 0 Å². The fourth-order valence-corrected chi connectivity index (χ4v) is 1.61. The van der Waals surface area contributed by atoms with Crippen molar-refractivity contribution in [3.63, 3.8) is 0 Å². The molecule has 6 nitrogen and oxygen atoms in total. The second-order valence-electron chi connectivity index (χ2n) is 3.89. The third-order valence-electron chi connectivity index (χ3n) is 2.42. The fourth-order valence-electron chi connectivity index (χ4n) is 1.61. The lowest BCUT2D eigenvalue weighted by Crippen LogP contribution is -2.22. The molecular formula is C13H15N3O3. The Morgan fingerprint density at radius 1 is 1.47 bits per heavy atom. The third kappa shape index (κ3) is 3.48. The van der Waals surface area contributed by atoms with Crippen LogP contribution in [-0.2, 0) is 6.54 Å². The molecule has 100 valence electrons. The second kappa shape index (κ2) is 5.90. The summed E-state index contributed by atoms with van der Waals surface area (Å²) in [6.07, 6.45) is 1.52. The van der Waals surface area contributed by atoms with Gasteiger partial charge in [-0.2, -0.15) is 0 Å². The Balaban J connectivity index is 2.05. The molecule has 19 heavy (non-hydrogen) atoms. The van der Waals surface area contributed by atoms with Gasteiger partial charge in [0.05, 0.1) is 19.3 Å². The number of nitrogens with one attached hydrogen (secondary N) is 1. The molecule has 0 aliphatic heterocycles. The van der Waals surface area contributed by atoms with E-state index in [1.807, 2.05) is 6.92 Å². The molecule has 2 aromatic rings. The number of nitrogens with two attached hydrogens (primary N) is 1. The van der Waals surface area contributed by atoms with E-state index in [9.17, 15) is 4.79 Å². The number of hydrogen-bond acceptors (Lipinski definition) is 5. The summed E-state index contributed by atoms with van der Waals surface area (Å²) in [5.41, 5.74) is 6.66. The van der Waals surface area contributed by atoms with E-state index in [2.05, 4.69) is 10.5 Å². The molecule has 0 saturated carbocycles. The van der Waals surface area contributed by atoms with E-state index in [1.54, 1.807) is 24.3 Å². The molecule has 0 unspecified atom stereocenters. The summed E-state index contributed by atoms with van der Waals surface area (Å²) in [5, 5.41) is 6.27. The summed E-state index contributed by atoms with van der Waals surface area (Å²) >= 11 is 0. The average Bonchev–Trinajstić information content (AvgIpc) is 2.88. The molecule has 1 heterocycles.